The lowest BCUT2D eigenvalue weighted by Gasteiger charge is -2.09. The van der Waals surface area contributed by atoms with Gasteiger partial charge >= 0.3 is 5.97 Å². The zero-order valence-corrected chi connectivity index (χ0v) is 10.7. The minimum absolute atomic E-state index is 0.0890. The van der Waals surface area contributed by atoms with Gasteiger partial charge in [0.1, 0.15) is 10.0 Å². The first-order chi connectivity index (χ1) is 7.65. The molecule has 0 atom stereocenters. The van der Waals surface area contributed by atoms with E-state index in [0.717, 1.165) is 0 Å². The number of ether oxygens (including phenoxy) is 3. The van der Waals surface area contributed by atoms with Crippen LogP contribution in [0.3, 0.4) is 0 Å². The summed E-state index contributed by atoms with van der Waals surface area (Å²) in [6.07, 6.45) is 0. The SMILES string of the molecule is CCOC(=O)c1c(OC)nnc(OC)c1Br. The maximum absolute atomic E-state index is 11.7. The largest absolute Gasteiger partial charge is 0.479 e. The molecule has 0 amide bonds. The minimum Gasteiger partial charge on any atom is -0.479 e. The average Bonchev–Trinajstić information content (AvgIpc) is 2.28. The fourth-order valence-corrected chi connectivity index (χ4v) is 1.61. The number of nitrogens with zero attached hydrogens (tertiary/aromatic N) is 2. The van der Waals surface area contributed by atoms with Crippen molar-refractivity contribution in [1.82, 2.24) is 10.2 Å². The first-order valence-corrected chi connectivity index (χ1v) is 5.26. The first-order valence-electron chi connectivity index (χ1n) is 4.46. The second-order valence-electron chi connectivity index (χ2n) is 2.63. The molecule has 1 aromatic rings. The summed E-state index contributed by atoms with van der Waals surface area (Å²) in [7, 11) is 2.82. The van der Waals surface area contributed by atoms with Gasteiger partial charge in [-0.2, -0.15) is 0 Å². The number of carbonyl (C=O) groups is 1. The van der Waals surface area contributed by atoms with Gasteiger partial charge in [-0.05, 0) is 22.9 Å². The third-order valence-corrected chi connectivity index (χ3v) is 2.45. The Kier molecular flexibility index (Phi) is 4.48. The molecule has 0 aliphatic rings. The van der Waals surface area contributed by atoms with E-state index in [2.05, 4.69) is 26.1 Å². The number of aromatic nitrogens is 2. The summed E-state index contributed by atoms with van der Waals surface area (Å²) in [5.74, 6) is -0.255. The predicted molar refractivity (Wildman–Crippen MR) is 58.8 cm³/mol. The van der Waals surface area contributed by atoms with E-state index in [1.54, 1.807) is 6.92 Å². The summed E-state index contributed by atoms with van der Waals surface area (Å²) in [5.41, 5.74) is 0.163. The number of halogens is 1. The molecular weight excluding hydrogens is 280 g/mol. The summed E-state index contributed by atoms with van der Waals surface area (Å²) < 4.78 is 15.1. The van der Waals surface area contributed by atoms with Gasteiger partial charge in [0.25, 0.3) is 0 Å². The number of carbonyl (C=O) groups excluding carboxylic acids is 1. The molecule has 7 heteroatoms. The molecule has 0 unspecified atom stereocenters. The number of rotatable bonds is 4. The first kappa shape index (κ1) is 12.7. The van der Waals surface area contributed by atoms with E-state index >= 15 is 0 Å². The molecule has 0 aromatic carbocycles. The maximum Gasteiger partial charge on any atom is 0.345 e. The smallest absolute Gasteiger partial charge is 0.345 e. The van der Waals surface area contributed by atoms with Crippen molar-refractivity contribution in [2.24, 2.45) is 0 Å². The Morgan fingerprint density at radius 2 is 1.81 bits per heavy atom. The van der Waals surface area contributed by atoms with Crippen molar-refractivity contribution in [2.75, 3.05) is 20.8 Å². The molecule has 0 saturated heterocycles. The van der Waals surface area contributed by atoms with E-state index in [0.29, 0.717) is 4.47 Å². The molecule has 88 valence electrons. The van der Waals surface area contributed by atoms with Crippen molar-refractivity contribution in [1.29, 1.82) is 0 Å². The Morgan fingerprint density at radius 1 is 1.25 bits per heavy atom. The van der Waals surface area contributed by atoms with Gasteiger partial charge in [0.2, 0.25) is 11.8 Å². The molecule has 16 heavy (non-hydrogen) atoms. The van der Waals surface area contributed by atoms with Crippen molar-refractivity contribution in [2.45, 2.75) is 6.92 Å². The molecule has 0 bridgehead atoms. The van der Waals surface area contributed by atoms with Crippen molar-refractivity contribution in [3.05, 3.63) is 10.0 Å². The van der Waals surface area contributed by atoms with Gasteiger partial charge < -0.3 is 14.2 Å². The highest BCUT2D eigenvalue weighted by Crippen LogP contribution is 2.31. The molecule has 1 aromatic heterocycles. The zero-order valence-electron chi connectivity index (χ0n) is 9.11. The zero-order chi connectivity index (χ0) is 12.1. The van der Waals surface area contributed by atoms with Crippen LogP contribution >= 0.6 is 15.9 Å². The summed E-state index contributed by atoms with van der Waals surface area (Å²) in [5, 5.41) is 7.42. The molecule has 6 nitrogen and oxygen atoms in total. The van der Waals surface area contributed by atoms with E-state index in [1.165, 1.54) is 14.2 Å². The van der Waals surface area contributed by atoms with Gasteiger partial charge in [-0.3, -0.25) is 0 Å². The van der Waals surface area contributed by atoms with Gasteiger partial charge in [-0.15, -0.1) is 10.2 Å². The molecule has 0 radical (unpaired) electrons. The fraction of sp³-hybridized carbons (Fsp3) is 0.444. The van der Waals surface area contributed by atoms with Crippen molar-refractivity contribution in [3.8, 4) is 11.8 Å². The molecule has 0 aliphatic heterocycles. The Balaban J connectivity index is 3.26. The summed E-state index contributed by atoms with van der Waals surface area (Å²) >= 11 is 3.20. The highest BCUT2D eigenvalue weighted by molar-refractivity contribution is 9.10. The molecule has 1 heterocycles. The average molecular weight is 291 g/mol. The summed E-state index contributed by atoms with van der Waals surface area (Å²) in [6.45, 7) is 1.98. The second kappa shape index (κ2) is 5.64. The molecule has 0 saturated carbocycles. The number of methoxy groups -OCH3 is 2. The molecule has 0 spiro atoms. The maximum atomic E-state index is 11.7. The fourth-order valence-electron chi connectivity index (χ4n) is 1.04. The Bertz CT molecular complexity index is 397. The number of hydrogen-bond donors (Lipinski definition) is 0. The third kappa shape index (κ3) is 2.41. The molecular formula is C9H11BrN2O4. The topological polar surface area (TPSA) is 70.5 Å². The van der Waals surface area contributed by atoms with Crippen LogP contribution in [0.2, 0.25) is 0 Å². The minimum atomic E-state index is -0.542. The lowest BCUT2D eigenvalue weighted by molar-refractivity contribution is 0.0519. The monoisotopic (exact) mass is 290 g/mol. The van der Waals surface area contributed by atoms with E-state index in [4.69, 9.17) is 14.2 Å². The van der Waals surface area contributed by atoms with Crippen LogP contribution in [0.25, 0.3) is 0 Å². The van der Waals surface area contributed by atoms with Gasteiger partial charge in [-0.25, -0.2) is 4.79 Å². The number of hydrogen-bond acceptors (Lipinski definition) is 6. The van der Waals surface area contributed by atoms with Crippen LogP contribution in [-0.4, -0.2) is 37.0 Å². The van der Waals surface area contributed by atoms with Crippen LogP contribution < -0.4 is 9.47 Å². The van der Waals surface area contributed by atoms with Crippen LogP contribution in [0, 0.1) is 0 Å². The van der Waals surface area contributed by atoms with Gasteiger partial charge in [0.05, 0.1) is 20.8 Å². The van der Waals surface area contributed by atoms with Gasteiger partial charge in [0, 0.05) is 0 Å². The normalized spacial score (nSPS) is 9.75. The Morgan fingerprint density at radius 3 is 2.31 bits per heavy atom. The van der Waals surface area contributed by atoms with Gasteiger partial charge in [-0.1, -0.05) is 0 Å². The number of esters is 1. The Labute approximate surface area is 101 Å². The molecule has 0 aliphatic carbocycles. The Hall–Kier alpha value is -1.37. The van der Waals surface area contributed by atoms with Crippen LogP contribution in [0.1, 0.15) is 17.3 Å². The van der Waals surface area contributed by atoms with E-state index in [1.807, 2.05) is 0 Å². The third-order valence-electron chi connectivity index (χ3n) is 1.72. The van der Waals surface area contributed by atoms with Crippen LogP contribution in [-0.2, 0) is 4.74 Å². The van der Waals surface area contributed by atoms with E-state index < -0.39 is 5.97 Å². The van der Waals surface area contributed by atoms with Crippen molar-refractivity contribution < 1.29 is 19.0 Å². The standard InChI is InChI=1S/C9H11BrN2O4/c1-4-16-9(13)5-6(10)8(15-3)12-11-7(5)14-2/h4H2,1-3H3. The second-order valence-corrected chi connectivity index (χ2v) is 3.42. The highest BCUT2D eigenvalue weighted by Gasteiger charge is 2.23. The summed E-state index contributed by atoms with van der Waals surface area (Å²) in [4.78, 5) is 11.7. The van der Waals surface area contributed by atoms with Crippen LogP contribution in [0.15, 0.2) is 4.47 Å². The lowest BCUT2D eigenvalue weighted by atomic mass is 10.3. The van der Waals surface area contributed by atoms with Crippen molar-refractivity contribution in [3.63, 3.8) is 0 Å². The van der Waals surface area contributed by atoms with Crippen LogP contribution in [0.5, 0.6) is 11.8 Å². The van der Waals surface area contributed by atoms with Gasteiger partial charge in [0.15, 0.2) is 0 Å². The molecule has 0 fully saturated rings. The highest BCUT2D eigenvalue weighted by atomic mass is 79.9. The lowest BCUT2D eigenvalue weighted by Crippen LogP contribution is -2.11. The van der Waals surface area contributed by atoms with Crippen molar-refractivity contribution >= 4 is 21.9 Å². The van der Waals surface area contributed by atoms with Crippen LogP contribution in [0.4, 0.5) is 0 Å². The predicted octanol–water partition coefficient (Wildman–Crippen LogP) is 1.43. The quantitative estimate of drug-likeness (QED) is 0.782. The molecule has 0 N–H and O–H groups in total. The summed E-state index contributed by atoms with van der Waals surface area (Å²) in [6, 6.07) is 0. The molecule has 1 rings (SSSR count). The van der Waals surface area contributed by atoms with E-state index in [-0.39, 0.29) is 23.9 Å². The van der Waals surface area contributed by atoms with E-state index in [9.17, 15) is 4.79 Å².